The fourth-order valence-corrected chi connectivity index (χ4v) is 3.60. The van der Waals surface area contributed by atoms with Crippen molar-refractivity contribution in [2.75, 3.05) is 0 Å². The minimum atomic E-state index is -0.631. The molecule has 0 spiro atoms. The lowest BCUT2D eigenvalue weighted by Gasteiger charge is -2.27. The van der Waals surface area contributed by atoms with Gasteiger partial charge in [0.2, 0.25) is 0 Å². The molecule has 2 N–H and O–H groups in total. The van der Waals surface area contributed by atoms with Crippen LogP contribution in [0.2, 0.25) is 0 Å². The normalized spacial score (nSPS) is 25.4. The van der Waals surface area contributed by atoms with Crippen LogP contribution in [0.25, 0.3) is 0 Å². The van der Waals surface area contributed by atoms with Gasteiger partial charge in [-0.05, 0) is 55.2 Å². The Morgan fingerprint density at radius 2 is 2.05 bits per heavy atom. The second kappa shape index (κ2) is 5.96. The molecule has 0 radical (unpaired) electrons. The highest BCUT2D eigenvalue weighted by molar-refractivity contribution is 5.70. The summed E-state index contributed by atoms with van der Waals surface area (Å²) in [4.78, 5) is 11.1. The van der Waals surface area contributed by atoms with Crippen molar-refractivity contribution >= 4 is 5.97 Å². The maximum Gasteiger partial charge on any atom is 0.306 e. The number of aliphatic carboxylic acids is 1. The summed E-state index contributed by atoms with van der Waals surface area (Å²) in [6, 6.07) is 7.17. The highest BCUT2D eigenvalue weighted by Crippen LogP contribution is 2.26. The minimum Gasteiger partial charge on any atom is -0.481 e. The van der Waals surface area contributed by atoms with Crippen LogP contribution in [0.5, 0.6) is 0 Å². The first-order valence-electron chi connectivity index (χ1n) is 7.79. The van der Waals surface area contributed by atoms with Crippen molar-refractivity contribution in [1.82, 2.24) is 5.32 Å². The lowest BCUT2D eigenvalue weighted by molar-refractivity contribution is -0.143. The molecule has 0 bridgehead atoms. The lowest BCUT2D eigenvalue weighted by Crippen LogP contribution is -2.36. The summed E-state index contributed by atoms with van der Waals surface area (Å²) in [7, 11) is 0. The number of hydrogen-bond donors (Lipinski definition) is 2. The molecule has 2 atom stereocenters. The number of hydrogen-bond acceptors (Lipinski definition) is 2. The van der Waals surface area contributed by atoms with Crippen LogP contribution in [0.3, 0.4) is 0 Å². The molecule has 2 aliphatic rings. The van der Waals surface area contributed by atoms with Gasteiger partial charge in [-0.2, -0.15) is 0 Å². The Morgan fingerprint density at radius 1 is 1.20 bits per heavy atom. The highest BCUT2D eigenvalue weighted by atomic mass is 16.4. The Bertz CT molecular complexity index is 498. The zero-order valence-corrected chi connectivity index (χ0v) is 11.9. The van der Waals surface area contributed by atoms with Gasteiger partial charge in [-0.15, -0.1) is 0 Å². The summed E-state index contributed by atoms with van der Waals surface area (Å²) in [6.45, 7) is 0.865. The van der Waals surface area contributed by atoms with E-state index in [0.29, 0.717) is 6.04 Å². The molecule has 20 heavy (non-hydrogen) atoms. The Morgan fingerprint density at radius 3 is 2.90 bits per heavy atom. The number of nitrogens with one attached hydrogen (secondary N) is 1. The summed E-state index contributed by atoms with van der Waals surface area (Å²) in [6.07, 6.45) is 7.48. The molecule has 1 aromatic rings. The monoisotopic (exact) mass is 273 g/mol. The number of benzene rings is 1. The zero-order chi connectivity index (χ0) is 13.9. The van der Waals surface area contributed by atoms with Crippen LogP contribution in [0.15, 0.2) is 18.2 Å². The second-order valence-electron chi connectivity index (χ2n) is 6.24. The van der Waals surface area contributed by atoms with Crippen molar-refractivity contribution < 1.29 is 9.90 Å². The van der Waals surface area contributed by atoms with E-state index >= 15 is 0 Å². The van der Waals surface area contributed by atoms with Gasteiger partial charge in [-0.25, -0.2) is 0 Å². The molecule has 0 amide bonds. The van der Waals surface area contributed by atoms with Gasteiger partial charge in [0.05, 0.1) is 5.92 Å². The number of rotatable bonds is 4. The number of carboxylic acids is 1. The molecule has 3 nitrogen and oxygen atoms in total. The lowest BCUT2D eigenvalue weighted by atomic mass is 9.85. The van der Waals surface area contributed by atoms with Gasteiger partial charge in [0, 0.05) is 12.6 Å². The quantitative estimate of drug-likeness (QED) is 0.887. The fraction of sp³-hybridized carbons (Fsp3) is 0.588. The fourth-order valence-electron chi connectivity index (χ4n) is 3.60. The summed E-state index contributed by atoms with van der Waals surface area (Å²) in [5.41, 5.74) is 4.36. The Kier molecular flexibility index (Phi) is 4.06. The zero-order valence-electron chi connectivity index (χ0n) is 11.9. The van der Waals surface area contributed by atoms with Crippen LogP contribution in [-0.4, -0.2) is 17.1 Å². The minimum absolute atomic E-state index is 0.152. The first-order chi connectivity index (χ1) is 9.72. The second-order valence-corrected chi connectivity index (χ2v) is 6.24. The molecular formula is C17H23NO2. The van der Waals surface area contributed by atoms with Crippen LogP contribution in [0.1, 0.15) is 48.8 Å². The third kappa shape index (κ3) is 3.04. The summed E-state index contributed by atoms with van der Waals surface area (Å²) < 4.78 is 0. The average molecular weight is 273 g/mol. The first kappa shape index (κ1) is 13.6. The molecule has 108 valence electrons. The molecule has 2 unspecified atom stereocenters. The Balaban J connectivity index is 1.55. The van der Waals surface area contributed by atoms with E-state index in [1.807, 2.05) is 0 Å². The van der Waals surface area contributed by atoms with Gasteiger partial charge in [0.25, 0.3) is 0 Å². The highest BCUT2D eigenvalue weighted by Gasteiger charge is 2.26. The SMILES string of the molecule is O=C(O)C1CCCC(NCc2ccc3c(c2)CCC3)C1. The van der Waals surface area contributed by atoms with Crippen molar-refractivity contribution in [3.05, 3.63) is 34.9 Å². The van der Waals surface area contributed by atoms with E-state index in [4.69, 9.17) is 5.11 Å². The van der Waals surface area contributed by atoms with E-state index in [9.17, 15) is 4.79 Å². The van der Waals surface area contributed by atoms with Crippen LogP contribution >= 0.6 is 0 Å². The third-order valence-electron chi connectivity index (χ3n) is 4.78. The van der Waals surface area contributed by atoms with E-state index in [2.05, 4.69) is 23.5 Å². The first-order valence-corrected chi connectivity index (χ1v) is 7.79. The molecule has 3 rings (SSSR count). The van der Waals surface area contributed by atoms with E-state index < -0.39 is 5.97 Å². The predicted octanol–water partition coefficient (Wildman–Crippen LogP) is 2.91. The van der Waals surface area contributed by atoms with Gasteiger partial charge >= 0.3 is 5.97 Å². The van der Waals surface area contributed by atoms with Gasteiger partial charge in [0.1, 0.15) is 0 Å². The smallest absolute Gasteiger partial charge is 0.306 e. The van der Waals surface area contributed by atoms with Crippen LogP contribution in [-0.2, 0) is 24.2 Å². The number of carbonyl (C=O) groups is 1. The Labute approximate surface area is 120 Å². The van der Waals surface area contributed by atoms with Gasteiger partial charge < -0.3 is 10.4 Å². The maximum atomic E-state index is 11.1. The standard InChI is InChI=1S/C17H23NO2/c19-17(20)15-5-2-6-16(10-15)18-11-12-7-8-13-3-1-4-14(13)9-12/h7-9,15-16,18H,1-6,10-11H2,(H,19,20). The van der Waals surface area contributed by atoms with Gasteiger partial charge in [-0.3, -0.25) is 4.79 Å². The van der Waals surface area contributed by atoms with Crippen LogP contribution < -0.4 is 5.32 Å². The largest absolute Gasteiger partial charge is 0.481 e. The molecule has 1 saturated carbocycles. The van der Waals surface area contributed by atoms with Crippen molar-refractivity contribution in [3.63, 3.8) is 0 Å². The molecule has 0 aliphatic heterocycles. The summed E-state index contributed by atoms with van der Waals surface area (Å²) in [5.74, 6) is -0.782. The maximum absolute atomic E-state index is 11.1. The molecular weight excluding hydrogens is 250 g/mol. The average Bonchev–Trinajstić information content (AvgIpc) is 2.93. The van der Waals surface area contributed by atoms with Crippen LogP contribution in [0, 0.1) is 5.92 Å². The molecule has 1 fully saturated rings. The molecule has 0 saturated heterocycles. The van der Waals surface area contributed by atoms with E-state index in [1.54, 1.807) is 0 Å². The number of aryl methyl sites for hydroxylation is 2. The van der Waals surface area contributed by atoms with Crippen molar-refractivity contribution in [1.29, 1.82) is 0 Å². The molecule has 0 heterocycles. The van der Waals surface area contributed by atoms with Gasteiger partial charge in [0.15, 0.2) is 0 Å². The van der Waals surface area contributed by atoms with Crippen molar-refractivity contribution in [3.8, 4) is 0 Å². The number of carboxylic acid groups (broad SMARTS) is 1. The molecule has 0 aromatic heterocycles. The Hall–Kier alpha value is -1.35. The molecule has 2 aliphatic carbocycles. The van der Waals surface area contributed by atoms with E-state index in [1.165, 1.54) is 36.0 Å². The van der Waals surface area contributed by atoms with E-state index in [-0.39, 0.29) is 5.92 Å². The van der Waals surface area contributed by atoms with Crippen molar-refractivity contribution in [2.24, 2.45) is 5.92 Å². The topological polar surface area (TPSA) is 49.3 Å². The third-order valence-corrected chi connectivity index (χ3v) is 4.78. The van der Waals surface area contributed by atoms with Crippen molar-refractivity contribution in [2.45, 2.75) is 57.5 Å². The molecule has 3 heteroatoms. The van der Waals surface area contributed by atoms with Crippen LogP contribution in [0.4, 0.5) is 0 Å². The van der Waals surface area contributed by atoms with Gasteiger partial charge in [-0.1, -0.05) is 24.6 Å². The molecule has 1 aromatic carbocycles. The summed E-state index contributed by atoms with van der Waals surface area (Å²) >= 11 is 0. The van der Waals surface area contributed by atoms with E-state index in [0.717, 1.165) is 32.2 Å². The predicted molar refractivity (Wildman–Crippen MR) is 78.7 cm³/mol. The number of fused-ring (bicyclic) bond motifs is 1. The summed E-state index contributed by atoms with van der Waals surface area (Å²) in [5, 5.41) is 12.7.